The van der Waals surface area contributed by atoms with E-state index in [-0.39, 0.29) is 5.16 Å². The third-order valence-corrected chi connectivity index (χ3v) is 3.61. The number of rotatable bonds is 4. The molecular formula is C9H14ClN3O2S. The Balaban J connectivity index is 2.45. The summed E-state index contributed by atoms with van der Waals surface area (Å²) in [4.78, 5) is 0. The van der Waals surface area contributed by atoms with Crippen molar-refractivity contribution in [1.82, 2.24) is 14.8 Å². The van der Waals surface area contributed by atoms with E-state index < -0.39 is 9.05 Å². The van der Waals surface area contributed by atoms with Crippen molar-refractivity contribution in [1.29, 1.82) is 0 Å². The Hall–Kier alpha value is -0.620. The zero-order valence-electron chi connectivity index (χ0n) is 9.22. The molecule has 90 valence electrons. The third kappa shape index (κ3) is 2.38. The van der Waals surface area contributed by atoms with Crippen LogP contribution in [0.4, 0.5) is 0 Å². The third-order valence-electron chi connectivity index (χ3n) is 2.45. The molecule has 0 N–H and O–H groups in total. The molecule has 0 amide bonds. The summed E-state index contributed by atoms with van der Waals surface area (Å²) in [5.74, 6) is 1.44. The van der Waals surface area contributed by atoms with Crippen LogP contribution in [0.1, 0.15) is 38.4 Å². The minimum atomic E-state index is -3.80. The predicted octanol–water partition coefficient (Wildman–Crippen LogP) is 1.74. The zero-order chi connectivity index (χ0) is 11.9. The average molecular weight is 264 g/mol. The van der Waals surface area contributed by atoms with Crippen LogP contribution >= 0.6 is 10.7 Å². The summed E-state index contributed by atoms with van der Waals surface area (Å²) < 4.78 is 24.3. The van der Waals surface area contributed by atoms with Crippen LogP contribution in [0.15, 0.2) is 5.16 Å². The fourth-order valence-corrected chi connectivity index (χ4v) is 2.57. The Labute approximate surface area is 99.2 Å². The van der Waals surface area contributed by atoms with Crippen LogP contribution in [0.25, 0.3) is 0 Å². The number of nitrogens with zero attached hydrogens (tertiary/aromatic N) is 3. The van der Waals surface area contributed by atoms with Crippen LogP contribution in [0.3, 0.4) is 0 Å². The van der Waals surface area contributed by atoms with E-state index in [1.807, 2.05) is 13.8 Å². The van der Waals surface area contributed by atoms with Gasteiger partial charge in [-0.05, 0) is 18.8 Å². The van der Waals surface area contributed by atoms with Crippen LogP contribution in [-0.4, -0.2) is 23.2 Å². The first-order chi connectivity index (χ1) is 7.39. The lowest BCUT2D eigenvalue weighted by Crippen LogP contribution is -2.13. The Morgan fingerprint density at radius 2 is 2.06 bits per heavy atom. The van der Waals surface area contributed by atoms with Crippen molar-refractivity contribution in [2.45, 2.75) is 44.3 Å². The molecule has 0 unspecified atom stereocenters. The van der Waals surface area contributed by atoms with E-state index in [0.29, 0.717) is 18.4 Å². The monoisotopic (exact) mass is 263 g/mol. The fraction of sp³-hybridized carbons (Fsp3) is 0.778. The number of hydrogen-bond acceptors (Lipinski definition) is 4. The molecule has 7 heteroatoms. The van der Waals surface area contributed by atoms with E-state index in [1.165, 1.54) is 0 Å². The normalized spacial score (nSPS) is 17.0. The van der Waals surface area contributed by atoms with E-state index in [1.54, 1.807) is 4.57 Å². The van der Waals surface area contributed by atoms with Crippen molar-refractivity contribution in [2.75, 3.05) is 0 Å². The second kappa shape index (κ2) is 4.00. The van der Waals surface area contributed by atoms with Gasteiger partial charge in [-0.15, -0.1) is 10.2 Å². The van der Waals surface area contributed by atoms with E-state index >= 15 is 0 Å². The summed E-state index contributed by atoms with van der Waals surface area (Å²) in [6, 6.07) is 0. The first kappa shape index (κ1) is 11.9. The summed E-state index contributed by atoms with van der Waals surface area (Å²) in [5.41, 5.74) is 0. The van der Waals surface area contributed by atoms with Crippen molar-refractivity contribution >= 4 is 19.7 Å². The van der Waals surface area contributed by atoms with Gasteiger partial charge in [-0.1, -0.05) is 13.8 Å². The molecule has 1 heterocycles. The highest BCUT2D eigenvalue weighted by molar-refractivity contribution is 8.13. The highest BCUT2D eigenvalue weighted by Crippen LogP contribution is 2.39. The van der Waals surface area contributed by atoms with Gasteiger partial charge in [0.25, 0.3) is 14.2 Å². The van der Waals surface area contributed by atoms with Gasteiger partial charge in [0, 0.05) is 23.1 Å². The lowest BCUT2D eigenvalue weighted by atomic mass is 10.2. The minimum Gasteiger partial charge on any atom is -0.300 e. The topological polar surface area (TPSA) is 64.8 Å². The van der Waals surface area contributed by atoms with Gasteiger partial charge in [-0.3, -0.25) is 0 Å². The lowest BCUT2D eigenvalue weighted by molar-refractivity contribution is 0.472. The Kier molecular flexibility index (Phi) is 2.96. The number of aromatic nitrogens is 3. The van der Waals surface area contributed by atoms with Crippen LogP contribution in [0.2, 0.25) is 0 Å². The molecule has 1 saturated carbocycles. The summed E-state index contributed by atoms with van der Waals surface area (Å²) >= 11 is 0. The molecule has 1 aromatic rings. The molecule has 0 saturated heterocycles. The van der Waals surface area contributed by atoms with E-state index in [0.717, 1.165) is 18.7 Å². The van der Waals surface area contributed by atoms with E-state index in [4.69, 9.17) is 10.7 Å². The molecule has 1 aliphatic rings. The standard InChI is InChI=1S/C9H14ClN3O2S/c1-6(2)5-13-8(7-3-4-7)11-12-9(13)16(10,14)15/h6-7H,3-5H2,1-2H3. The van der Waals surface area contributed by atoms with Gasteiger partial charge in [0.05, 0.1) is 0 Å². The molecule has 0 aliphatic heterocycles. The van der Waals surface area contributed by atoms with Crippen LogP contribution in [0, 0.1) is 5.92 Å². The molecule has 0 radical (unpaired) electrons. The average Bonchev–Trinajstić information content (AvgIpc) is 2.86. The van der Waals surface area contributed by atoms with Crippen LogP contribution in [0.5, 0.6) is 0 Å². The van der Waals surface area contributed by atoms with Gasteiger partial charge < -0.3 is 4.57 Å². The maximum atomic E-state index is 11.3. The molecule has 0 atom stereocenters. The molecule has 1 fully saturated rings. The van der Waals surface area contributed by atoms with Crippen LogP contribution in [-0.2, 0) is 15.6 Å². The Bertz CT molecular complexity index is 491. The van der Waals surface area contributed by atoms with Crippen molar-refractivity contribution in [3.8, 4) is 0 Å². The Morgan fingerprint density at radius 3 is 2.50 bits per heavy atom. The molecule has 0 aromatic carbocycles. The second-order valence-electron chi connectivity index (χ2n) is 4.56. The Morgan fingerprint density at radius 1 is 1.44 bits per heavy atom. The van der Waals surface area contributed by atoms with Crippen molar-refractivity contribution in [3.63, 3.8) is 0 Å². The van der Waals surface area contributed by atoms with Crippen molar-refractivity contribution in [3.05, 3.63) is 5.82 Å². The highest BCUT2D eigenvalue weighted by atomic mass is 35.7. The quantitative estimate of drug-likeness (QED) is 0.776. The summed E-state index contributed by atoms with van der Waals surface area (Å²) in [7, 11) is 1.53. The molecule has 2 rings (SSSR count). The highest BCUT2D eigenvalue weighted by Gasteiger charge is 2.33. The largest absolute Gasteiger partial charge is 0.300 e. The molecular weight excluding hydrogens is 250 g/mol. The van der Waals surface area contributed by atoms with E-state index in [2.05, 4.69) is 10.2 Å². The molecule has 0 spiro atoms. The van der Waals surface area contributed by atoms with Crippen molar-refractivity contribution < 1.29 is 8.42 Å². The molecule has 16 heavy (non-hydrogen) atoms. The molecule has 1 aliphatic carbocycles. The summed E-state index contributed by atoms with van der Waals surface area (Å²) in [6.45, 7) is 4.61. The predicted molar refractivity (Wildman–Crippen MR) is 59.9 cm³/mol. The van der Waals surface area contributed by atoms with Gasteiger partial charge in [0.1, 0.15) is 5.82 Å². The first-order valence-electron chi connectivity index (χ1n) is 5.27. The van der Waals surface area contributed by atoms with Gasteiger partial charge in [-0.2, -0.15) is 0 Å². The van der Waals surface area contributed by atoms with Gasteiger partial charge >= 0.3 is 0 Å². The maximum absolute atomic E-state index is 11.3. The first-order valence-corrected chi connectivity index (χ1v) is 7.58. The molecule has 0 bridgehead atoms. The number of halogens is 1. The second-order valence-corrected chi connectivity index (χ2v) is 7.02. The van der Waals surface area contributed by atoms with E-state index in [9.17, 15) is 8.42 Å². The lowest BCUT2D eigenvalue weighted by Gasteiger charge is -2.10. The number of hydrogen-bond donors (Lipinski definition) is 0. The van der Waals surface area contributed by atoms with Crippen molar-refractivity contribution in [2.24, 2.45) is 5.92 Å². The van der Waals surface area contributed by atoms with Crippen LogP contribution < -0.4 is 0 Å². The van der Waals surface area contributed by atoms with Gasteiger partial charge in [0.15, 0.2) is 0 Å². The zero-order valence-corrected chi connectivity index (χ0v) is 10.8. The minimum absolute atomic E-state index is 0.121. The molecule has 1 aromatic heterocycles. The summed E-state index contributed by atoms with van der Waals surface area (Å²) in [6.07, 6.45) is 2.11. The SMILES string of the molecule is CC(C)Cn1c(C2CC2)nnc1S(=O)(=O)Cl. The van der Waals surface area contributed by atoms with Gasteiger partial charge in [0.2, 0.25) is 0 Å². The molecule has 5 nitrogen and oxygen atoms in total. The maximum Gasteiger partial charge on any atom is 0.296 e. The fourth-order valence-electron chi connectivity index (χ4n) is 1.66. The van der Waals surface area contributed by atoms with Gasteiger partial charge in [-0.25, -0.2) is 8.42 Å². The smallest absolute Gasteiger partial charge is 0.296 e. The summed E-state index contributed by atoms with van der Waals surface area (Å²) in [5, 5.41) is 7.52.